The fourth-order valence-corrected chi connectivity index (χ4v) is 3.59. The molecule has 0 saturated carbocycles. The van der Waals surface area contributed by atoms with Crippen molar-refractivity contribution < 1.29 is 14.3 Å². The van der Waals surface area contributed by atoms with Gasteiger partial charge in [0.15, 0.2) is 0 Å². The van der Waals surface area contributed by atoms with E-state index in [9.17, 15) is 9.59 Å². The second-order valence-corrected chi connectivity index (χ2v) is 6.70. The number of hydrogen-bond acceptors (Lipinski definition) is 5. The van der Waals surface area contributed by atoms with E-state index in [1.807, 2.05) is 16.7 Å². The third-order valence-electron chi connectivity index (χ3n) is 5.08. The van der Waals surface area contributed by atoms with Gasteiger partial charge in [-0.05, 0) is 19.8 Å². The van der Waals surface area contributed by atoms with Crippen molar-refractivity contribution in [3.05, 3.63) is 0 Å². The van der Waals surface area contributed by atoms with E-state index < -0.39 is 0 Å². The number of ether oxygens (including phenoxy) is 1. The van der Waals surface area contributed by atoms with Gasteiger partial charge in [-0.3, -0.25) is 14.5 Å². The number of carbonyl (C=O) groups is 2. The molecule has 0 aliphatic carbocycles. The van der Waals surface area contributed by atoms with Gasteiger partial charge in [0.25, 0.3) is 0 Å². The molecule has 3 rings (SSSR count). The molecule has 0 spiro atoms. The normalized spacial score (nSPS) is 29.8. The Morgan fingerprint density at radius 2 is 1.74 bits per heavy atom. The minimum atomic E-state index is -0.235. The Morgan fingerprint density at radius 1 is 1.04 bits per heavy atom. The molecule has 0 unspecified atom stereocenters. The van der Waals surface area contributed by atoms with Crippen LogP contribution < -0.4 is 5.32 Å². The highest BCUT2D eigenvalue weighted by Gasteiger charge is 2.33. The summed E-state index contributed by atoms with van der Waals surface area (Å²) in [5.41, 5.74) is 0. The molecule has 0 radical (unpaired) electrons. The van der Waals surface area contributed by atoms with Gasteiger partial charge >= 0.3 is 0 Å². The summed E-state index contributed by atoms with van der Waals surface area (Å²) in [6.07, 6.45) is 2.18. The van der Waals surface area contributed by atoms with Gasteiger partial charge in [0.1, 0.15) is 6.04 Å². The van der Waals surface area contributed by atoms with Crippen LogP contribution >= 0.6 is 0 Å². The lowest BCUT2D eigenvalue weighted by Crippen LogP contribution is -2.60. The van der Waals surface area contributed by atoms with E-state index in [1.54, 1.807) is 0 Å². The molecular weight excluding hydrogens is 296 g/mol. The minimum absolute atomic E-state index is 0.0778. The molecule has 0 aromatic heterocycles. The summed E-state index contributed by atoms with van der Waals surface area (Å²) in [6, 6.07) is -0.235. The first-order chi connectivity index (χ1) is 11.1. The zero-order valence-corrected chi connectivity index (χ0v) is 14.0. The Balaban J connectivity index is 1.44. The number of amides is 2. The number of nitrogens with one attached hydrogen (secondary N) is 1. The lowest BCUT2D eigenvalue weighted by atomic mass is 10.1. The molecular formula is C16H28N4O3. The quantitative estimate of drug-likeness (QED) is 0.731. The number of nitrogens with zero attached hydrogens (tertiary/aromatic N) is 3. The maximum atomic E-state index is 12.6. The van der Waals surface area contributed by atoms with Crippen molar-refractivity contribution in [3.8, 4) is 0 Å². The minimum Gasteiger partial charge on any atom is -0.375 e. The molecule has 0 bridgehead atoms. The second kappa shape index (κ2) is 7.59. The predicted molar refractivity (Wildman–Crippen MR) is 86.0 cm³/mol. The first-order valence-corrected chi connectivity index (χ1v) is 8.79. The molecule has 2 atom stereocenters. The average Bonchev–Trinajstić information content (AvgIpc) is 3.10. The number of rotatable bonds is 3. The van der Waals surface area contributed by atoms with Crippen molar-refractivity contribution in [3.63, 3.8) is 0 Å². The van der Waals surface area contributed by atoms with E-state index in [0.717, 1.165) is 45.6 Å². The molecule has 3 saturated heterocycles. The predicted octanol–water partition coefficient (Wildman–Crippen LogP) is -0.870. The summed E-state index contributed by atoms with van der Waals surface area (Å²) >= 11 is 0. The van der Waals surface area contributed by atoms with Crippen molar-refractivity contribution in [1.82, 2.24) is 20.0 Å². The Kier molecular flexibility index (Phi) is 5.50. The highest BCUT2D eigenvalue weighted by Crippen LogP contribution is 2.12. The van der Waals surface area contributed by atoms with Crippen molar-refractivity contribution in [2.45, 2.75) is 31.9 Å². The third kappa shape index (κ3) is 4.02. The fourth-order valence-electron chi connectivity index (χ4n) is 3.59. The van der Waals surface area contributed by atoms with Gasteiger partial charge in [0, 0.05) is 45.8 Å². The topological polar surface area (TPSA) is 65.1 Å². The van der Waals surface area contributed by atoms with E-state index >= 15 is 0 Å². The molecule has 130 valence electrons. The van der Waals surface area contributed by atoms with Gasteiger partial charge < -0.3 is 19.9 Å². The van der Waals surface area contributed by atoms with Crippen LogP contribution in [0.25, 0.3) is 0 Å². The Bertz CT molecular complexity index is 431. The van der Waals surface area contributed by atoms with E-state index in [4.69, 9.17) is 4.74 Å². The number of carbonyl (C=O) groups excluding carboxylic acids is 2. The largest absolute Gasteiger partial charge is 0.375 e. The van der Waals surface area contributed by atoms with Gasteiger partial charge in [-0.1, -0.05) is 0 Å². The molecule has 23 heavy (non-hydrogen) atoms. The first kappa shape index (κ1) is 16.7. The van der Waals surface area contributed by atoms with E-state index in [-0.39, 0.29) is 24.0 Å². The summed E-state index contributed by atoms with van der Waals surface area (Å²) in [4.78, 5) is 30.8. The molecule has 0 aromatic rings. The Hall–Kier alpha value is -1.18. The van der Waals surface area contributed by atoms with Crippen LogP contribution in [0.15, 0.2) is 0 Å². The molecule has 2 amide bonds. The summed E-state index contributed by atoms with van der Waals surface area (Å²) < 4.78 is 5.56. The van der Waals surface area contributed by atoms with Crippen molar-refractivity contribution in [2.24, 2.45) is 0 Å². The van der Waals surface area contributed by atoms with Crippen molar-refractivity contribution in [2.75, 3.05) is 59.0 Å². The van der Waals surface area contributed by atoms with Crippen molar-refractivity contribution in [1.29, 1.82) is 0 Å². The lowest BCUT2D eigenvalue weighted by molar-refractivity contribution is -0.141. The zero-order chi connectivity index (χ0) is 16.2. The molecule has 3 fully saturated rings. The summed E-state index contributed by atoms with van der Waals surface area (Å²) in [6.45, 7) is 8.56. The monoisotopic (exact) mass is 324 g/mol. The van der Waals surface area contributed by atoms with Crippen LogP contribution in [-0.4, -0.2) is 97.6 Å². The van der Waals surface area contributed by atoms with Crippen LogP contribution in [0.5, 0.6) is 0 Å². The number of hydrogen-bond donors (Lipinski definition) is 1. The molecule has 1 N–H and O–H groups in total. The standard InChI is InChI=1S/C16H28N4O3/c1-13-15(17-4-11-23-13)16(22)20-9-7-18(8-10-20)12-14(21)19-5-2-3-6-19/h13,15,17H,2-12H2,1H3/t13-,15+/m1/s1. The van der Waals surface area contributed by atoms with E-state index in [2.05, 4.69) is 10.2 Å². The highest BCUT2D eigenvalue weighted by atomic mass is 16.5. The van der Waals surface area contributed by atoms with Crippen LogP contribution in [-0.2, 0) is 14.3 Å². The van der Waals surface area contributed by atoms with Crippen LogP contribution in [0.1, 0.15) is 19.8 Å². The number of likely N-dealkylation sites (tertiary alicyclic amines) is 1. The molecule has 0 aromatic carbocycles. The van der Waals surface area contributed by atoms with Crippen LogP contribution in [0.2, 0.25) is 0 Å². The Labute approximate surface area is 137 Å². The number of morpholine rings is 1. The molecule has 7 heteroatoms. The van der Waals surface area contributed by atoms with Crippen LogP contribution in [0.4, 0.5) is 0 Å². The van der Waals surface area contributed by atoms with E-state index in [1.165, 1.54) is 0 Å². The van der Waals surface area contributed by atoms with Gasteiger partial charge in [-0.15, -0.1) is 0 Å². The van der Waals surface area contributed by atoms with Gasteiger partial charge in [0.2, 0.25) is 11.8 Å². The van der Waals surface area contributed by atoms with E-state index in [0.29, 0.717) is 26.2 Å². The zero-order valence-electron chi connectivity index (χ0n) is 14.0. The summed E-state index contributed by atoms with van der Waals surface area (Å²) in [5.74, 6) is 0.362. The summed E-state index contributed by atoms with van der Waals surface area (Å²) in [7, 11) is 0. The SMILES string of the molecule is C[C@H]1OCCN[C@@H]1C(=O)N1CCN(CC(=O)N2CCCC2)CC1. The average molecular weight is 324 g/mol. The summed E-state index contributed by atoms with van der Waals surface area (Å²) in [5, 5.41) is 3.26. The van der Waals surface area contributed by atoms with Gasteiger partial charge in [-0.2, -0.15) is 0 Å². The molecule has 3 aliphatic rings. The third-order valence-corrected chi connectivity index (χ3v) is 5.08. The van der Waals surface area contributed by atoms with Gasteiger partial charge in [0.05, 0.1) is 19.3 Å². The number of piperazine rings is 1. The maximum absolute atomic E-state index is 12.6. The second-order valence-electron chi connectivity index (χ2n) is 6.70. The lowest BCUT2D eigenvalue weighted by Gasteiger charge is -2.38. The van der Waals surface area contributed by atoms with Crippen molar-refractivity contribution >= 4 is 11.8 Å². The molecule has 7 nitrogen and oxygen atoms in total. The smallest absolute Gasteiger partial charge is 0.242 e. The van der Waals surface area contributed by atoms with Crippen LogP contribution in [0.3, 0.4) is 0 Å². The highest BCUT2D eigenvalue weighted by molar-refractivity contribution is 5.83. The molecule has 3 aliphatic heterocycles. The molecule has 3 heterocycles. The van der Waals surface area contributed by atoms with Gasteiger partial charge in [-0.25, -0.2) is 0 Å². The Morgan fingerprint density at radius 3 is 2.39 bits per heavy atom. The first-order valence-electron chi connectivity index (χ1n) is 8.79. The maximum Gasteiger partial charge on any atom is 0.242 e. The van der Waals surface area contributed by atoms with Crippen LogP contribution in [0, 0.1) is 0 Å². The fraction of sp³-hybridized carbons (Fsp3) is 0.875.